The number of aromatic nitrogens is 1. The van der Waals surface area contributed by atoms with Crippen molar-refractivity contribution in [3.8, 4) is 11.3 Å². The van der Waals surface area contributed by atoms with Crippen LogP contribution in [0.4, 0.5) is 8.78 Å². The molecular formula is C19H16F2N2OS2. The largest absolute Gasteiger partial charge is 0.351 e. The molecule has 3 rings (SSSR count). The van der Waals surface area contributed by atoms with Gasteiger partial charge in [-0.05, 0) is 24.6 Å². The van der Waals surface area contributed by atoms with Gasteiger partial charge in [-0.15, -0.1) is 23.1 Å². The molecule has 0 radical (unpaired) electrons. The van der Waals surface area contributed by atoms with Gasteiger partial charge < -0.3 is 5.32 Å². The second kappa shape index (κ2) is 8.42. The summed E-state index contributed by atoms with van der Waals surface area (Å²) >= 11 is 2.65. The molecule has 1 amide bonds. The first-order valence-electron chi connectivity index (χ1n) is 7.87. The summed E-state index contributed by atoms with van der Waals surface area (Å²) in [5.41, 5.74) is 2.94. The molecule has 7 heteroatoms. The van der Waals surface area contributed by atoms with Gasteiger partial charge in [0.15, 0.2) is 0 Å². The number of halogens is 2. The number of amides is 1. The third kappa shape index (κ3) is 4.89. The Labute approximate surface area is 158 Å². The molecule has 2 aromatic carbocycles. The molecule has 0 bridgehead atoms. The molecule has 1 heterocycles. The number of hydrogen-bond donors (Lipinski definition) is 1. The van der Waals surface area contributed by atoms with E-state index in [1.807, 2.05) is 36.6 Å². The third-order valence-corrected chi connectivity index (χ3v) is 5.43. The molecule has 0 aliphatic carbocycles. The van der Waals surface area contributed by atoms with Crippen molar-refractivity contribution < 1.29 is 13.6 Å². The van der Waals surface area contributed by atoms with Crippen LogP contribution in [0.15, 0.2) is 52.7 Å². The van der Waals surface area contributed by atoms with Crippen LogP contribution in [0.2, 0.25) is 0 Å². The average Bonchev–Trinajstić information content (AvgIpc) is 3.06. The van der Waals surface area contributed by atoms with Gasteiger partial charge in [-0.1, -0.05) is 24.3 Å². The van der Waals surface area contributed by atoms with Crippen molar-refractivity contribution in [1.82, 2.24) is 10.3 Å². The minimum Gasteiger partial charge on any atom is -0.351 e. The van der Waals surface area contributed by atoms with Crippen molar-refractivity contribution in [3.63, 3.8) is 0 Å². The summed E-state index contributed by atoms with van der Waals surface area (Å²) < 4.78 is 26.4. The standard InChI is InChI=1S/C19H16F2N2OS2/c1-12-23-17(10-25-12)14-4-2-13(3-5-14)9-22-19(24)11-26-18-7-6-15(20)8-16(18)21/h2-8,10H,9,11H2,1H3,(H,22,24). The van der Waals surface area contributed by atoms with Crippen molar-refractivity contribution in [2.24, 2.45) is 0 Å². The predicted molar refractivity (Wildman–Crippen MR) is 101 cm³/mol. The maximum atomic E-state index is 13.5. The lowest BCUT2D eigenvalue weighted by molar-refractivity contribution is -0.118. The van der Waals surface area contributed by atoms with Crippen molar-refractivity contribution in [2.45, 2.75) is 18.4 Å². The minimum absolute atomic E-state index is 0.0682. The van der Waals surface area contributed by atoms with E-state index in [0.29, 0.717) is 6.54 Å². The van der Waals surface area contributed by atoms with E-state index >= 15 is 0 Å². The zero-order chi connectivity index (χ0) is 18.5. The molecule has 0 aliphatic heterocycles. The topological polar surface area (TPSA) is 42.0 Å². The maximum Gasteiger partial charge on any atom is 0.230 e. The average molecular weight is 390 g/mol. The lowest BCUT2D eigenvalue weighted by atomic mass is 10.1. The number of hydrogen-bond acceptors (Lipinski definition) is 4. The van der Waals surface area contributed by atoms with E-state index in [2.05, 4.69) is 10.3 Å². The number of aryl methyl sites for hydroxylation is 1. The fourth-order valence-electron chi connectivity index (χ4n) is 2.28. The van der Waals surface area contributed by atoms with E-state index in [-0.39, 0.29) is 16.6 Å². The maximum absolute atomic E-state index is 13.5. The van der Waals surface area contributed by atoms with Gasteiger partial charge in [-0.3, -0.25) is 4.79 Å². The summed E-state index contributed by atoms with van der Waals surface area (Å²) in [6.45, 7) is 2.36. The van der Waals surface area contributed by atoms with E-state index in [1.165, 1.54) is 12.1 Å². The Morgan fingerprint density at radius 1 is 1.19 bits per heavy atom. The van der Waals surface area contributed by atoms with Crippen LogP contribution in [0.3, 0.4) is 0 Å². The van der Waals surface area contributed by atoms with Gasteiger partial charge in [0.2, 0.25) is 5.91 Å². The van der Waals surface area contributed by atoms with Crippen LogP contribution >= 0.6 is 23.1 Å². The number of nitrogens with one attached hydrogen (secondary N) is 1. The summed E-state index contributed by atoms with van der Waals surface area (Å²) in [4.78, 5) is 16.6. The van der Waals surface area contributed by atoms with E-state index in [4.69, 9.17) is 0 Å². The SMILES string of the molecule is Cc1nc(-c2ccc(CNC(=O)CSc3ccc(F)cc3F)cc2)cs1. The molecular weight excluding hydrogens is 374 g/mol. The third-order valence-electron chi connectivity index (χ3n) is 3.61. The summed E-state index contributed by atoms with van der Waals surface area (Å²) in [6.07, 6.45) is 0. The van der Waals surface area contributed by atoms with Crippen molar-refractivity contribution in [3.05, 3.63) is 70.1 Å². The second-order valence-corrected chi connectivity index (χ2v) is 7.67. The van der Waals surface area contributed by atoms with Gasteiger partial charge in [0.05, 0.1) is 16.5 Å². The van der Waals surface area contributed by atoms with Gasteiger partial charge in [-0.25, -0.2) is 13.8 Å². The lowest BCUT2D eigenvalue weighted by Crippen LogP contribution is -2.24. The highest BCUT2D eigenvalue weighted by molar-refractivity contribution is 8.00. The highest BCUT2D eigenvalue weighted by Crippen LogP contribution is 2.23. The van der Waals surface area contributed by atoms with Crippen LogP contribution < -0.4 is 5.32 Å². The summed E-state index contributed by atoms with van der Waals surface area (Å²) in [5, 5.41) is 5.83. The molecule has 134 valence electrons. The summed E-state index contributed by atoms with van der Waals surface area (Å²) in [6, 6.07) is 11.1. The van der Waals surface area contributed by atoms with Crippen molar-refractivity contribution in [2.75, 3.05) is 5.75 Å². The Morgan fingerprint density at radius 3 is 2.62 bits per heavy atom. The predicted octanol–water partition coefficient (Wildman–Crippen LogP) is 4.81. The molecule has 0 atom stereocenters. The van der Waals surface area contributed by atoms with Crippen LogP contribution in [0.1, 0.15) is 10.6 Å². The summed E-state index contributed by atoms with van der Waals surface area (Å²) in [7, 11) is 0. The molecule has 0 saturated heterocycles. The number of thiazole rings is 1. The van der Waals surface area contributed by atoms with Gasteiger partial charge in [0.25, 0.3) is 0 Å². The van der Waals surface area contributed by atoms with Crippen molar-refractivity contribution >= 4 is 29.0 Å². The Hall–Kier alpha value is -2.25. The van der Waals surface area contributed by atoms with E-state index in [0.717, 1.165) is 39.7 Å². The second-order valence-electron chi connectivity index (χ2n) is 5.59. The molecule has 3 nitrogen and oxygen atoms in total. The van der Waals surface area contributed by atoms with Gasteiger partial charge in [0, 0.05) is 28.5 Å². The molecule has 0 saturated carbocycles. The van der Waals surface area contributed by atoms with Gasteiger partial charge >= 0.3 is 0 Å². The van der Waals surface area contributed by atoms with Crippen LogP contribution in [0.5, 0.6) is 0 Å². The van der Waals surface area contributed by atoms with Gasteiger partial charge in [-0.2, -0.15) is 0 Å². The number of benzene rings is 2. The monoisotopic (exact) mass is 390 g/mol. The molecule has 0 fully saturated rings. The molecule has 0 aliphatic rings. The van der Waals surface area contributed by atoms with Crippen LogP contribution in [0, 0.1) is 18.6 Å². The van der Waals surface area contributed by atoms with Crippen LogP contribution in [-0.2, 0) is 11.3 Å². The van der Waals surface area contributed by atoms with E-state index in [1.54, 1.807) is 11.3 Å². The molecule has 0 unspecified atom stereocenters. The first-order chi connectivity index (χ1) is 12.5. The minimum atomic E-state index is -0.657. The number of carbonyl (C=O) groups excluding carboxylic acids is 1. The first kappa shape index (κ1) is 18.5. The lowest BCUT2D eigenvalue weighted by Gasteiger charge is -2.07. The number of rotatable bonds is 6. The van der Waals surface area contributed by atoms with E-state index < -0.39 is 11.6 Å². The fourth-order valence-corrected chi connectivity index (χ4v) is 3.65. The van der Waals surface area contributed by atoms with Gasteiger partial charge in [0.1, 0.15) is 11.6 Å². The quantitative estimate of drug-likeness (QED) is 0.615. The molecule has 1 N–H and O–H groups in total. The number of nitrogens with zero attached hydrogens (tertiary/aromatic N) is 1. The molecule has 1 aromatic heterocycles. The number of thioether (sulfide) groups is 1. The van der Waals surface area contributed by atoms with Crippen LogP contribution in [-0.4, -0.2) is 16.6 Å². The normalized spacial score (nSPS) is 10.7. The Morgan fingerprint density at radius 2 is 1.96 bits per heavy atom. The van der Waals surface area contributed by atoms with Crippen LogP contribution in [0.25, 0.3) is 11.3 Å². The Kier molecular flexibility index (Phi) is 6.00. The highest BCUT2D eigenvalue weighted by atomic mass is 32.2. The van der Waals surface area contributed by atoms with E-state index in [9.17, 15) is 13.6 Å². The first-order valence-corrected chi connectivity index (χ1v) is 9.74. The fraction of sp³-hybridized carbons (Fsp3) is 0.158. The Balaban J connectivity index is 1.49. The zero-order valence-electron chi connectivity index (χ0n) is 14.0. The number of carbonyl (C=O) groups is 1. The zero-order valence-corrected chi connectivity index (χ0v) is 15.6. The molecule has 0 spiro atoms. The highest BCUT2D eigenvalue weighted by Gasteiger charge is 2.08. The Bertz CT molecular complexity index is 910. The molecule has 26 heavy (non-hydrogen) atoms. The van der Waals surface area contributed by atoms with Crippen molar-refractivity contribution in [1.29, 1.82) is 0 Å². The smallest absolute Gasteiger partial charge is 0.230 e. The summed E-state index contributed by atoms with van der Waals surface area (Å²) in [5.74, 6) is -1.43. The molecule has 3 aromatic rings.